The zero-order valence-electron chi connectivity index (χ0n) is 33.0. The number of carbonyl (C=O) groups is 3. The first-order chi connectivity index (χ1) is 28.7. The topological polar surface area (TPSA) is 146 Å². The first-order valence-corrected chi connectivity index (χ1v) is 19.6. The van der Waals surface area contributed by atoms with Crippen molar-refractivity contribution < 1.29 is 40.7 Å². The maximum Gasteiger partial charge on any atom is 0.293 e. The molecule has 61 heavy (non-hydrogen) atoms. The lowest BCUT2D eigenvalue weighted by Gasteiger charge is -2.24. The highest BCUT2D eigenvalue weighted by Gasteiger charge is 2.67. The quantitative estimate of drug-likeness (QED) is 0.0727. The number of nitrogens with zero attached hydrogens (tertiary/aromatic N) is 6. The second-order valence-electron chi connectivity index (χ2n) is 16.7. The Morgan fingerprint density at radius 1 is 1.03 bits per heavy atom. The molecule has 2 aliphatic rings. The molecule has 3 atom stereocenters. The van der Waals surface area contributed by atoms with Crippen molar-refractivity contribution in [1.82, 2.24) is 34.4 Å². The Balaban J connectivity index is 1.33. The van der Waals surface area contributed by atoms with Crippen LogP contribution in [0.1, 0.15) is 85.9 Å². The molecule has 12 nitrogen and oxygen atoms in total. The molecule has 6 aromatic rings. The van der Waals surface area contributed by atoms with Gasteiger partial charge < -0.3 is 10.6 Å². The van der Waals surface area contributed by atoms with E-state index in [1.54, 1.807) is 18.2 Å². The fourth-order valence-electron chi connectivity index (χ4n) is 8.29. The van der Waals surface area contributed by atoms with Gasteiger partial charge in [0.05, 0.1) is 38.6 Å². The maximum absolute atomic E-state index is 15.5. The molecule has 19 heteroatoms. The monoisotopic (exact) mass is 866 g/mol. The van der Waals surface area contributed by atoms with Crippen molar-refractivity contribution in [3.8, 4) is 5.69 Å². The number of aromatic nitrogens is 6. The summed E-state index contributed by atoms with van der Waals surface area (Å²) in [6.45, 7) is 5.26. The molecule has 0 radical (unpaired) electrons. The van der Waals surface area contributed by atoms with E-state index in [0.717, 1.165) is 28.7 Å². The molecule has 0 aliphatic heterocycles. The Hall–Kier alpha value is -6.04. The number of rotatable bonds is 12. The van der Waals surface area contributed by atoms with Crippen LogP contribution in [0.5, 0.6) is 0 Å². The zero-order chi connectivity index (χ0) is 43.9. The van der Waals surface area contributed by atoms with Crippen LogP contribution in [-0.2, 0) is 46.7 Å². The molecule has 0 spiro atoms. The number of anilines is 1. The summed E-state index contributed by atoms with van der Waals surface area (Å²) in [4.78, 5) is 57.4. The minimum atomic E-state index is -3.53. The van der Waals surface area contributed by atoms with Crippen LogP contribution in [0.25, 0.3) is 27.5 Å². The lowest BCUT2D eigenvalue weighted by atomic mass is 9.88. The molecule has 2 amide bonds. The summed E-state index contributed by atoms with van der Waals surface area (Å²) in [5.41, 5.74) is -1.40. The third-order valence-corrected chi connectivity index (χ3v) is 11.4. The fraction of sp³-hybridized carbons (Fsp3) is 0.357. The molecule has 0 saturated heterocycles. The van der Waals surface area contributed by atoms with Crippen LogP contribution in [0, 0.1) is 23.0 Å². The summed E-state index contributed by atoms with van der Waals surface area (Å²) in [7, 11) is 1.48. The fourth-order valence-corrected chi connectivity index (χ4v) is 8.53. The first kappa shape index (κ1) is 41.7. The summed E-state index contributed by atoms with van der Waals surface area (Å²) < 4.78 is 91.7. The van der Waals surface area contributed by atoms with Crippen LogP contribution in [0.15, 0.2) is 53.3 Å². The lowest BCUT2D eigenvalue weighted by Crippen LogP contribution is -2.38. The molecule has 3 aromatic carbocycles. The van der Waals surface area contributed by atoms with Crippen LogP contribution in [0.3, 0.4) is 0 Å². The largest absolute Gasteiger partial charge is 0.344 e. The van der Waals surface area contributed by atoms with E-state index < -0.39 is 83.6 Å². The zero-order valence-corrected chi connectivity index (χ0v) is 33.8. The van der Waals surface area contributed by atoms with E-state index in [1.807, 2.05) is 0 Å². The number of aryl methyl sites for hydroxylation is 2. The molecule has 3 aromatic heterocycles. The highest BCUT2D eigenvalue weighted by molar-refractivity contribution is 6.38. The third kappa shape index (κ3) is 7.65. The normalized spacial score (nSPS) is 17.1. The lowest BCUT2D eigenvalue weighted by molar-refractivity contribution is -0.127. The van der Waals surface area contributed by atoms with E-state index in [0.29, 0.717) is 17.2 Å². The van der Waals surface area contributed by atoms with Crippen LogP contribution in [0.2, 0.25) is 5.02 Å². The molecule has 2 N–H and O–H groups in total. The van der Waals surface area contributed by atoms with Crippen molar-refractivity contribution >= 4 is 57.3 Å². The minimum absolute atomic E-state index is 0.00476. The molecule has 2 aliphatic carbocycles. The van der Waals surface area contributed by atoms with Crippen LogP contribution >= 0.6 is 11.6 Å². The van der Waals surface area contributed by atoms with E-state index in [1.165, 1.54) is 23.9 Å². The molecule has 1 fully saturated rings. The summed E-state index contributed by atoms with van der Waals surface area (Å²) in [6.07, 6.45) is -2.21. The van der Waals surface area contributed by atoms with Gasteiger partial charge in [-0.05, 0) is 78.1 Å². The van der Waals surface area contributed by atoms with Gasteiger partial charge in [0.1, 0.15) is 35.4 Å². The number of halogens is 7. The molecular formula is C42H37ClF6N8O4. The van der Waals surface area contributed by atoms with E-state index in [-0.39, 0.29) is 73.4 Å². The van der Waals surface area contributed by atoms with E-state index >= 15 is 8.78 Å². The van der Waals surface area contributed by atoms with Gasteiger partial charge in [-0.3, -0.25) is 33.1 Å². The number of carbonyl (C=O) groups excluding carboxylic acids is 3. The number of fused-ring (bicyclic) bond motifs is 5. The van der Waals surface area contributed by atoms with Crippen molar-refractivity contribution in [3.05, 3.63) is 109 Å². The average Bonchev–Trinajstić information content (AvgIpc) is 3.71. The Bertz CT molecular complexity index is 2850. The van der Waals surface area contributed by atoms with E-state index in [2.05, 4.69) is 41.6 Å². The van der Waals surface area contributed by atoms with Gasteiger partial charge >= 0.3 is 0 Å². The maximum atomic E-state index is 15.5. The number of aldehydes is 1. The molecule has 1 unspecified atom stereocenters. The molecule has 318 valence electrons. The van der Waals surface area contributed by atoms with Crippen molar-refractivity contribution in [3.63, 3.8) is 0 Å². The van der Waals surface area contributed by atoms with Gasteiger partial charge in [-0.2, -0.15) is 19.0 Å². The first-order valence-electron chi connectivity index (χ1n) is 19.2. The van der Waals surface area contributed by atoms with Crippen molar-refractivity contribution in [2.45, 2.75) is 77.3 Å². The Labute approximate surface area is 347 Å². The van der Waals surface area contributed by atoms with Crippen LogP contribution in [-0.4, -0.2) is 47.2 Å². The van der Waals surface area contributed by atoms with Crippen LogP contribution < -0.4 is 16.2 Å². The highest BCUT2D eigenvalue weighted by Crippen LogP contribution is 2.68. The predicted octanol–water partition coefficient (Wildman–Crippen LogP) is 7.76. The number of alkyl halides is 4. The Morgan fingerprint density at radius 2 is 1.75 bits per heavy atom. The summed E-state index contributed by atoms with van der Waals surface area (Å²) in [5.74, 6) is -9.85. The van der Waals surface area contributed by atoms with Gasteiger partial charge in [-0.25, -0.2) is 22.5 Å². The Morgan fingerprint density at radius 3 is 2.43 bits per heavy atom. The van der Waals surface area contributed by atoms with Gasteiger partial charge in [0.2, 0.25) is 12.2 Å². The van der Waals surface area contributed by atoms with Crippen molar-refractivity contribution in [2.75, 3.05) is 5.32 Å². The SMILES string of the molecule is Cn1nc(NC(=O)C=O)c2c(Cl)ccc(-n3c([C@H](Cc4cc(F)cc(F)c4)NC(=O)Cn4nc(C(F)F)c5c4C(F)(F)C4C[C@@H]54)nc4cc(CCC(C)(C)C)ccc4c3=O)c21. The van der Waals surface area contributed by atoms with E-state index in [9.17, 15) is 36.7 Å². The van der Waals surface area contributed by atoms with Gasteiger partial charge in [0.15, 0.2) is 5.82 Å². The average molecular weight is 867 g/mol. The smallest absolute Gasteiger partial charge is 0.293 e. The standard InChI is InChI=1S/C42H37ClF6N8O4/c1-41(2,3)10-9-19-5-6-23-27(13-19)51-39(57(40(23)61)29-8-7-26(43)33-35(29)55(4)54-38(33)52-31(60)18-58)28(14-20-11-21(44)15-22(45)12-20)50-30(59)17-56-36-32(34(53-56)37(46)47)24-16-25(24)42(36,48)49/h5-8,11-13,15,18,24-25,28,37H,9-10,14,16-17H2,1-4H3,(H,50,59)(H,52,54,60)/t24-,25?,28+/m1/s1. The number of hydrogen-bond acceptors (Lipinski definition) is 7. The summed E-state index contributed by atoms with van der Waals surface area (Å²) >= 11 is 6.62. The van der Waals surface area contributed by atoms with Gasteiger partial charge in [0.25, 0.3) is 23.8 Å². The molecular weight excluding hydrogens is 830 g/mol. The number of nitrogens with one attached hydrogen (secondary N) is 2. The summed E-state index contributed by atoms with van der Waals surface area (Å²) in [6, 6.07) is 9.09. The highest BCUT2D eigenvalue weighted by atomic mass is 35.5. The molecule has 0 bridgehead atoms. The molecule has 3 heterocycles. The van der Waals surface area contributed by atoms with Gasteiger partial charge in [0, 0.05) is 31.0 Å². The van der Waals surface area contributed by atoms with Crippen molar-refractivity contribution in [1.29, 1.82) is 0 Å². The van der Waals surface area contributed by atoms with Crippen LogP contribution in [0.4, 0.5) is 32.2 Å². The number of amides is 2. The Kier molecular flexibility index (Phi) is 10.4. The van der Waals surface area contributed by atoms with E-state index in [4.69, 9.17) is 16.6 Å². The van der Waals surface area contributed by atoms with Gasteiger partial charge in [-0.15, -0.1) is 0 Å². The molecule has 1 saturated carbocycles. The second kappa shape index (κ2) is 15.1. The second-order valence-corrected chi connectivity index (χ2v) is 17.1. The minimum Gasteiger partial charge on any atom is -0.344 e. The number of hydrogen-bond donors (Lipinski definition) is 2. The third-order valence-electron chi connectivity index (χ3n) is 11.1. The number of benzene rings is 3. The molecule has 8 rings (SSSR count). The predicted molar refractivity (Wildman–Crippen MR) is 212 cm³/mol. The van der Waals surface area contributed by atoms with Crippen molar-refractivity contribution in [2.24, 2.45) is 18.4 Å². The van der Waals surface area contributed by atoms with Gasteiger partial charge in [-0.1, -0.05) is 38.4 Å². The summed E-state index contributed by atoms with van der Waals surface area (Å²) in [5, 5.41) is 13.4.